The Morgan fingerprint density at radius 3 is 2.00 bits per heavy atom. The lowest BCUT2D eigenvalue weighted by molar-refractivity contribution is -0.331. The molecule has 4 nitrogen and oxygen atoms in total. The van der Waals surface area contributed by atoms with E-state index in [1.54, 1.807) is 0 Å². The number of hydroxylamine groups is 2. The van der Waals surface area contributed by atoms with Crippen molar-refractivity contribution in [1.82, 2.24) is 5.06 Å². The normalized spacial score (nSPS) is 30.3. The smallest absolute Gasteiger partial charge is 0.102 e. The highest BCUT2D eigenvalue weighted by Gasteiger charge is 2.51. The van der Waals surface area contributed by atoms with Gasteiger partial charge in [0.1, 0.15) is 6.10 Å². The molecule has 0 aromatic heterocycles. The van der Waals surface area contributed by atoms with Gasteiger partial charge >= 0.3 is 0 Å². The van der Waals surface area contributed by atoms with Crippen molar-refractivity contribution in [2.75, 3.05) is 13.2 Å². The summed E-state index contributed by atoms with van der Waals surface area (Å²) in [5.74, 6) is 0. The lowest BCUT2D eigenvalue weighted by atomic mass is 9.76. The number of hydrogen-bond donors (Lipinski definition) is 2. The molecule has 3 atom stereocenters. The number of piperidine rings is 1. The second kappa shape index (κ2) is 7.75. The quantitative estimate of drug-likeness (QED) is 0.808. The van der Waals surface area contributed by atoms with Gasteiger partial charge < -0.3 is 10.2 Å². The average molecular weight is 321 g/mol. The van der Waals surface area contributed by atoms with E-state index < -0.39 is 11.1 Å². The highest BCUT2D eigenvalue weighted by atomic mass is 16.7. The molecule has 2 rings (SSSR count). The van der Waals surface area contributed by atoms with Crippen molar-refractivity contribution < 1.29 is 15.1 Å². The second-order valence-corrected chi connectivity index (χ2v) is 6.78. The molecule has 1 heterocycles. The summed E-state index contributed by atoms with van der Waals surface area (Å²) in [7, 11) is 0. The fourth-order valence-corrected chi connectivity index (χ4v) is 3.77. The fraction of sp³-hybridized carbons (Fsp3) is 0.684. The predicted octanol–water partition coefficient (Wildman–Crippen LogP) is 3.45. The van der Waals surface area contributed by atoms with E-state index in [9.17, 15) is 10.2 Å². The summed E-state index contributed by atoms with van der Waals surface area (Å²) < 4.78 is 0. The Hall–Kier alpha value is -0.940. The molecule has 1 saturated heterocycles. The van der Waals surface area contributed by atoms with Crippen LogP contribution in [0.2, 0.25) is 0 Å². The average Bonchev–Trinajstić information content (AvgIpc) is 2.63. The molecule has 1 aliphatic rings. The monoisotopic (exact) mass is 321 g/mol. The second-order valence-electron chi connectivity index (χ2n) is 6.78. The lowest BCUT2D eigenvalue weighted by Crippen LogP contribution is -2.66. The van der Waals surface area contributed by atoms with Crippen LogP contribution in [0, 0.1) is 0 Å². The van der Waals surface area contributed by atoms with Gasteiger partial charge in [-0.2, -0.15) is 5.06 Å². The molecule has 0 radical (unpaired) electrons. The summed E-state index contributed by atoms with van der Waals surface area (Å²) in [6.45, 7) is 6.30. The summed E-state index contributed by atoms with van der Waals surface area (Å²) in [6, 6.07) is 10.1. The van der Waals surface area contributed by atoms with E-state index in [0.29, 0.717) is 0 Å². The van der Waals surface area contributed by atoms with Crippen LogP contribution in [-0.4, -0.2) is 39.6 Å². The van der Waals surface area contributed by atoms with Crippen molar-refractivity contribution in [1.29, 1.82) is 0 Å². The van der Waals surface area contributed by atoms with E-state index >= 15 is 0 Å². The molecule has 0 spiro atoms. The van der Waals surface area contributed by atoms with E-state index in [0.717, 1.165) is 37.7 Å². The third-order valence-corrected chi connectivity index (χ3v) is 5.58. The number of nitrogens with zero attached hydrogens (tertiary/aromatic N) is 1. The summed E-state index contributed by atoms with van der Waals surface area (Å²) >= 11 is 0. The molecule has 1 aromatic rings. The van der Waals surface area contributed by atoms with Crippen LogP contribution in [0.4, 0.5) is 0 Å². The van der Waals surface area contributed by atoms with Crippen molar-refractivity contribution >= 4 is 0 Å². The van der Waals surface area contributed by atoms with Crippen molar-refractivity contribution in [2.45, 2.75) is 70.1 Å². The molecule has 4 heteroatoms. The van der Waals surface area contributed by atoms with E-state index in [2.05, 4.69) is 13.8 Å². The van der Waals surface area contributed by atoms with Crippen LogP contribution in [0.1, 0.15) is 64.5 Å². The maximum absolute atomic E-state index is 10.1. The number of aliphatic hydroxyl groups excluding tert-OH is 2. The Morgan fingerprint density at radius 1 is 1.04 bits per heavy atom. The van der Waals surface area contributed by atoms with Gasteiger partial charge in [0.05, 0.1) is 24.3 Å². The zero-order chi connectivity index (χ0) is 16.9. The summed E-state index contributed by atoms with van der Waals surface area (Å²) in [6.07, 6.45) is 4.26. The van der Waals surface area contributed by atoms with Gasteiger partial charge in [-0.25, -0.2) is 0 Å². The Morgan fingerprint density at radius 2 is 1.57 bits per heavy atom. The van der Waals surface area contributed by atoms with Crippen molar-refractivity contribution in [3.63, 3.8) is 0 Å². The van der Waals surface area contributed by atoms with Crippen LogP contribution in [0.5, 0.6) is 0 Å². The molecule has 1 fully saturated rings. The fourth-order valence-electron chi connectivity index (χ4n) is 3.77. The number of rotatable bonds is 7. The topological polar surface area (TPSA) is 52.9 Å². The Kier molecular flexibility index (Phi) is 6.20. The van der Waals surface area contributed by atoms with Crippen molar-refractivity contribution in [3.8, 4) is 0 Å². The molecule has 0 amide bonds. The van der Waals surface area contributed by atoms with Gasteiger partial charge in [-0.15, -0.1) is 0 Å². The molecular weight excluding hydrogens is 290 g/mol. The molecule has 0 bridgehead atoms. The SMILES string of the molecule is CCC1(CO)CCCC(CC)(CO)N1OC(C)c1ccccc1. The first-order chi connectivity index (χ1) is 11.1. The number of aliphatic hydroxyl groups is 2. The highest BCUT2D eigenvalue weighted by Crippen LogP contribution is 2.44. The minimum Gasteiger partial charge on any atom is -0.394 e. The largest absolute Gasteiger partial charge is 0.394 e. The number of hydrogen-bond acceptors (Lipinski definition) is 4. The molecule has 23 heavy (non-hydrogen) atoms. The molecule has 130 valence electrons. The Labute approximate surface area is 140 Å². The minimum absolute atomic E-state index is 0.0484. The van der Waals surface area contributed by atoms with Gasteiger partial charge in [0.15, 0.2) is 0 Å². The van der Waals surface area contributed by atoms with E-state index in [1.807, 2.05) is 42.3 Å². The van der Waals surface area contributed by atoms with Crippen LogP contribution in [0.25, 0.3) is 0 Å². The molecule has 0 saturated carbocycles. The summed E-state index contributed by atoms with van der Waals surface area (Å²) in [5.41, 5.74) is 0.268. The van der Waals surface area contributed by atoms with Gasteiger partial charge in [-0.1, -0.05) is 44.2 Å². The van der Waals surface area contributed by atoms with Gasteiger partial charge in [0, 0.05) is 0 Å². The molecule has 1 aliphatic heterocycles. The zero-order valence-corrected chi connectivity index (χ0v) is 14.7. The van der Waals surface area contributed by atoms with Gasteiger partial charge in [-0.05, 0) is 44.6 Å². The Bertz CT molecular complexity index is 449. The zero-order valence-electron chi connectivity index (χ0n) is 14.7. The van der Waals surface area contributed by atoms with Crippen LogP contribution in [0.15, 0.2) is 30.3 Å². The Balaban J connectivity index is 2.33. The predicted molar refractivity (Wildman–Crippen MR) is 91.8 cm³/mol. The highest BCUT2D eigenvalue weighted by molar-refractivity contribution is 5.17. The standard InChI is InChI=1S/C19H31NO3/c1-4-18(14-21)12-9-13-19(5-2,15-22)20(18)23-16(3)17-10-7-6-8-11-17/h6-8,10-11,16,21-22H,4-5,9,12-15H2,1-3H3. The van der Waals surface area contributed by atoms with Crippen LogP contribution in [0.3, 0.4) is 0 Å². The van der Waals surface area contributed by atoms with E-state index in [1.165, 1.54) is 0 Å². The van der Waals surface area contributed by atoms with Crippen LogP contribution >= 0.6 is 0 Å². The van der Waals surface area contributed by atoms with Gasteiger partial charge in [0.2, 0.25) is 0 Å². The maximum Gasteiger partial charge on any atom is 0.102 e. The molecule has 2 N–H and O–H groups in total. The van der Waals surface area contributed by atoms with Crippen LogP contribution in [-0.2, 0) is 4.84 Å². The third-order valence-electron chi connectivity index (χ3n) is 5.58. The first-order valence-corrected chi connectivity index (χ1v) is 8.81. The van der Waals surface area contributed by atoms with Gasteiger partial charge in [0.25, 0.3) is 0 Å². The van der Waals surface area contributed by atoms with Crippen molar-refractivity contribution in [2.24, 2.45) is 0 Å². The molecule has 3 unspecified atom stereocenters. The number of benzene rings is 1. The minimum atomic E-state index is -0.417. The lowest BCUT2D eigenvalue weighted by Gasteiger charge is -2.56. The van der Waals surface area contributed by atoms with Crippen molar-refractivity contribution in [3.05, 3.63) is 35.9 Å². The molecule has 0 aliphatic carbocycles. The van der Waals surface area contributed by atoms with E-state index in [-0.39, 0.29) is 19.3 Å². The first-order valence-electron chi connectivity index (χ1n) is 8.81. The third kappa shape index (κ3) is 3.45. The molecular formula is C19H31NO3. The van der Waals surface area contributed by atoms with Gasteiger partial charge in [-0.3, -0.25) is 4.84 Å². The van der Waals surface area contributed by atoms with Crippen LogP contribution < -0.4 is 0 Å². The molecule has 1 aromatic carbocycles. The van der Waals surface area contributed by atoms with E-state index in [4.69, 9.17) is 4.84 Å². The summed E-state index contributed by atoms with van der Waals surface area (Å²) in [4.78, 5) is 6.39. The summed E-state index contributed by atoms with van der Waals surface area (Å²) in [5, 5.41) is 22.2. The maximum atomic E-state index is 10.1. The first kappa shape index (κ1) is 18.4.